The molecule has 0 aromatic heterocycles. The first kappa shape index (κ1) is 14.4. The molecule has 1 heterocycles. The molecule has 4 nitrogen and oxygen atoms in total. The molecule has 0 spiro atoms. The molecule has 1 fully saturated rings. The third kappa shape index (κ3) is 2.23. The number of carbonyl (C=O) groups excluding carboxylic acids is 2. The quantitative estimate of drug-likeness (QED) is 0.842. The number of nitrogens with one attached hydrogen (secondary N) is 1. The number of hydrogen-bond acceptors (Lipinski definition) is 2. The lowest BCUT2D eigenvalue weighted by molar-refractivity contribution is -0.133. The lowest BCUT2D eigenvalue weighted by Gasteiger charge is -2.37. The third-order valence-electron chi connectivity index (χ3n) is 3.27. The van der Waals surface area contributed by atoms with E-state index in [1.807, 2.05) is 0 Å². The van der Waals surface area contributed by atoms with E-state index in [1.54, 1.807) is 6.92 Å². The minimum atomic E-state index is -1.61. The van der Waals surface area contributed by atoms with E-state index in [9.17, 15) is 22.8 Å². The first-order valence-corrected chi connectivity index (χ1v) is 6.14. The SMILES string of the molecule is CCC1NC(=O)C(C)N(c2cc(F)c(F)c(F)c2)C1=O. The number of carbonyl (C=O) groups is 2. The van der Waals surface area contributed by atoms with E-state index >= 15 is 0 Å². The maximum absolute atomic E-state index is 13.3. The van der Waals surface area contributed by atoms with Gasteiger partial charge >= 0.3 is 0 Å². The molecule has 0 saturated carbocycles. The van der Waals surface area contributed by atoms with E-state index in [0.29, 0.717) is 18.6 Å². The molecule has 7 heteroatoms. The van der Waals surface area contributed by atoms with Crippen molar-refractivity contribution in [3.63, 3.8) is 0 Å². The maximum atomic E-state index is 13.3. The molecule has 1 aromatic rings. The Hall–Kier alpha value is -2.05. The number of halogens is 3. The summed E-state index contributed by atoms with van der Waals surface area (Å²) in [4.78, 5) is 24.9. The van der Waals surface area contributed by atoms with Gasteiger partial charge in [-0.25, -0.2) is 13.2 Å². The minimum Gasteiger partial charge on any atom is -0.343 e. The van der Waals surface area contributed by atoms with E-state index < -0.39 is 41.3 Å². The lowest BCUT2D eigenvalue weighted by atomic mass is 10.0. The van der Waals surface area contributed by atoms with E-state index in [1.165, 1.54) is 6.92 Å². The van der Waals surface area contributed by atoms with Gasteiger partial charge in [0.2, 0.25) is 11.8 Å². The van der Waals surface area contributed by atoms with E-state index in [0.717, 1.165) is 4.90 Å². The van der Waals surface area contributed by atoms with Crippen LogP contribution in [0.25, 0.3) is 0 Å². The highest BCUT2D eigenvalue weighted by Gasteiger charge is 2.38. The van der Waals surface area contributed by atoms with E-state index in [-0.39, 0.29) is 5.69 Å². The van der Waals surface area contributed by atoms with Crippen molar-refractivity contribution in [3.05, 3.63) is 29.6 Å². The maximum Gasteiger partial charge on any atom is 0.250 e. The van der Waals surface area contributed by atoms with Gasteiger partial charge in [0.25, 0.3) is 0 Å². The number of hydrogen-bond donors (Lipinski definition) is 1. The fourth-order valence-electron chi connectivity index (χ4n) is 2.14. The van der Waals surface area contributed by atoms with Crippen molar-refractivity contribution in [2.45, 2.75) is 32.4 Å². The third-order valence-corrected chi connectivity index (χ3v) is 3.27. The van der Waals surface area contributed by atoms with Crippen molar-refractivity contribution in [1.82, 2.24) is 5.32 Å². The second-order valence-electron chi connectivity index (χ2n) is 4.58. The molecule has 1 saturated heterocycles. The number of rotatable bonds is 2. The van der Waals surface area contributed by atoms with Crippen molar-refractivity contribution in [2.75, 3.05) is 4.90 Å². The van der Waals surface area contributed by atoms with Crippen molar-refractivity contribution in [2.24, 2.45) is 0 Å². The van der Waals surface area contributed by atoms with Crippen LogP contribution in [-0.4, -0.2) is 23.9 Å². The zero-order valence-electron chi connectivity index (χ0n) is 10.9. The zero-order valence-corrected chi connectivity index (χ0v) is 10.9. The van der Waals surface area contributed by atoms with Crippen LogP contribution in [0.5, 0.6) is 0 Å². The molecule has 1 aromatic carbocycles. The van der Waals surface area contributed by atoms with Crippen molar-refractivity contribution in [1.29, 1.82) is 0 Å². The molecule has 1 N–H and O–H groups in total. The number of piperazine rings is 1. The molecular weight excluding hydrogens is 273 g/mol. The van der Waals surface area contributed by atoms with Gasteiger partial charge in [-0.05, 0) is 13.3 Å². The number of anilines is 1. The number of amides is 2. The van der Waals surface area contributed by atoms with Gasteiger partial charge in [-0.15, -0.1) is 0 Å². The summed E-state index contributed by atoms with van der Waals surface area (Å²) in [5, 5.41) is 2.51. The van der Waals surface area contributed by atoms with Gasteiger partial charge in [0.15, 0.2) is 17.5 Å². The molecule has 1 aliphatic rings. The van der Waals surface area contributed by atoms with Gasteiger partial charge in [-0.3, -0.25) is 14.5 Å². The number of nitrogens with zero attached hydrogens (tertiary/aromatic N) is 1. The van der Waals surface area contributed by atoms with Crippen LogP contribution in [0.2, 0.25) is 0 Å². The Labute approximate surface area is 113 Å². The summed E-state index contributed by atoms with van der Waals surface area (Å²) >= 11 is 0. The Morgan fingerprint density at radius 1 is 1.20 bits per heavy atom. The van der Waals surface area contributed by atoms with Gasteiger partial charge in [0.1, 0.15) is 12.1 Å². The largest absolute Gasteiger partial charge is 0.343 e. The second kappa shape index (κ2) is 5.15. The summed E-state index contributed by atoms with van der Waals surface area (Å²) in [5.41, 5.74) is -0.174. The number of benzene rings is 1. The minimum absolute atomic E-state index is 0.174. The summed E-state index contributed by atoms with van der Waals surface area (Å²) < 4.78 is 39.5. The topological polar surface area (TPSA) is 49.4 Å². The molecule has 2 rings (SSSR count). The first-order valence-electron chi connectivity index (χ1n) is 6.14. The van der Waals surface area contributed by atoms with Gasteiger partial charge < -0.3 is 5.32 Å². The fraction of sp³-hybridized carbons (Fsp3) is 0.385. The van der Waals surface area contributed by atoms with Crippen LogP contribution in [0.1, 0.15) is 20.3 Å². The van der Waals surface area contributed by atoms with Crippen LogP contribution < -0.4 is 10.2 Å². The average Bonchev–Trinajstić information content (AvgIpc) is 2.40. The van der Waals surface area contributed by atoms with E-state index in [4.69, 9.17) is 0 Å². The van der Waals surface area contributed by atoms with Crippen molar-refractivity contribution < 1.29 is 22.8 Å². The molecule has 20 heavy (non-hydrogen) atoms. The van der Waals surface area contributed by atoms with Crippen LogP contribution in [-0.2, 0) is 9.59 Å². The monoisotopic (exact) mass is 286 g/mol. The standard InChI is InChI=1S/C13H13F3N2O2/c1-3-10-13(20)18(6(2)12(19)17-10)7-4-8(14)11(16)9(15)5-7/h4-6,10H,3H2,1-2H3,(H,17,19). The Morgan fingerprint density at radius 3 is 2.25 bits per heavy atom. The zero-order chi connectivity index (χ0) is 15.0. The second-order valence-corrected chi connectivity index (χ2v) is 4.58. The van der Waals surface area contributed by atoms with Crippen LogP contribution in [0.15, 0.2) is 12.1 Å². The molecular formula is C13H13F3N2O2. The van der Waals surface area contributed by atoms with Gasteiger partial charge in [-0.2, -0.15) is 0 Å². The first-order chi connectivity index (χ1) is 9.36. The Morgan fingerprint density at radius 2 is 1.75 bits per heavy atom. The highest BCUT2D eigenvalue weighted by atomic mass is 19.2. The predicted molar refractivity (Wildman–Crippen MR) is 65.5 cm³/mol. The lowest BCUT2D eigenvalue weighted by Crippen LogP contribution is -2.62. The van der Waals surface area contributed by atoms with Crippen molar-refractivity contribution >= 4 is 17.5 Å². The molecule has 2 unspecified atom stereocenters. The fourth-order valence-corrected chi connectivity index (χ4v) is 2.14. The Balaban J connectivity index is 2.48. The van der Waals surface area contributed by atoms with Crippen LogP contribution in [0.4, 0.5) is 18.9 Å². The molecule has 0 radical (unpaired) electrons. The molecule has 1 aliphatic heterocycles. The molecule has 2 amide bonds. The molecule has 0 aliphatic carbocycles. The summed E-state index contributed by atoms with van der Waals surface area (Å²) in [5.74, 6) is -5.33. The van der Waals surface area contributed by atoms with E-state index in [2.05, 4.69) is 5.32 Å². The van der Waals surface area contributed by atoms with Crippen LogP contribution in [0.3, 0.4) is 0 Å². The predicted octanol–water partition coefficient (Wildman–Crippen LogP) is 1.73. The van der Waals surface area contributed by atoms with Gasteiger partial charge in [0, 0.05) is 12.1 Å². The average molecular weight is 286 g/mol. The summed E-state index contributed by atoms with van der Waals surface area (Å²) in [6, 6.07) is -0.263. The Kier molecular flexibility index (Phi) is 3.69. The normalized spacial score (nSPS) is 22.9. The summed E-state index contributed by atoms with van der Waals surface area (Å²) in [7, 11) is 0. The Bertz CT molecular complexity index is 554. The molecule has 108 valence electrons. The van der Waals surface area contributed by atoms with Crippen molar-refractivity contribution in [3.8, 4) is 0 Å². The summed E-state index contributed by atoms with van der Waals surface area (Å²) in [6.07, 6.45) is 0.347. The van der Waals surface area contributed by atoms with Gasteiger partial charge in [-0.1, -0.05) is 6.92 Å². The summed E-state index contributed by atoms with van der Waals surface area (Å²) in [6.45, 7) is 3.13. The molecule has 0 bridgehead atoms. The highest BCUT2D eigenvalue weighted by molar-refractivity contribution is 6.08. The smallest absolute Gasteiger partial charge is 0.250 e. The van der Waals surface area contributed by atoms with Gasteiger partial charge in [0.05, 0.1) is 5.69 Å². The highest BCUT2D eigenvalue weighted by Crippen LogP contribution is 2.25. The van der Waals surface area contributed by atoms with Crippen LogP contribution >= 0.6 is 0 Å². The van der Waals surface area contributed by atoms with Crippen LogP contribution in [0, 0.1) is 17.5 Å². The molecule has 2 atom stereocenters.